The van der Waals surface area contributed by atoms with Crippen molar-refractivity contribution in [1.29, 1.82) is 0 Å². The molecule has 3 rings (SSSR count). The lowest BCUT2D eigenvalue weighted by Crippen LogP contribution is -1.93. The molecule has 3 aromatic rings. The van der Waals surface area contributed by atoms with Gasteiger partial charge in [0.05, 0.1) is 4.47 Å². The van der Waals surface area contributed by atoms with Crippen molar-refractivity contribution >= 4 is 59.3 Å². The van der Waals surface area contributed by atoms with Crippen molar-refractivity contribution in [2.45, 2.75) is 0 Å². The van der Waals surface area contributed by atoms with Crippen LogP contribution in [0.4, 0.5) is 5.82 Å². The highest BCUT2D eigenvalue weighted by molar-refractivity contribution is 9.13. The SMILES string of the molecule is Nc1c(-c2ccc(Br)c(Br)c2)nc2c(Br)cccn12. The summed E-state index contributed by atoms with van der Waals surface area (Å²) in [7, 11) is 0. The second-order valence-electron chi connectivity index (χ2n) is 4.02. The normalized spacial score (nSPS) is 11.1. The molecule has 0 atom stereocenters. The second-order valence-corrected chi connectivity index (χ2v) is 6.59. The number of benzene rings is 1. The molecule has 19 heavy (non-hydrogen) atoms. The number of nitrogens with two attached hydrogens (primary N) is 1. The van der Waals surface area contributed by atoms with Crippen molar-refractivity contribution in [1.82, 2.24) is 9.38 Å². The summed E-state index contributed by atoms with van der Waals surface area (Å²) in [6.45, 7) is 0. The summed E-state index contributed by atoms with van der Waals surface area (Å²) in [6, 6.07) is 9.83. The van der Waals surface area contributed by atoms with E-state index in [9.17, 15) is 0 Å². The molecule has 6 heteroatoms. The van der Waals surface area contributed by atoms with E-state index in [0.29, 0.717) is 5.82 Å². The summed E-state index contributed by atoms with van der Waals surface area (Å²) < 4.78 is 4.76. The van der Waals surface area contributed by atoms with Gasteiger partial charge in [-0.1, -0.05) is 6.07 Å². The number of pyridine rings is 1. The first-order chi connectivity index (χ1) is 9.08. The number of anilines is 1. The zero-order valence-electron chi connectivity index (χ0n) is 9.57. The minimum atomic E-state index is 0.630. The first kappa shape index (κ1) is 13.1. The molecule has 96 valence electrons. The number of imidazole rings is 1. The average molecular weight is 446 g/mol. The zero-order valence-corrected chi connectivity index (χ0v) is 14.3. The van der Waals surface area contributed by atoms with Crippen LogP contribution in [0.15, 0.2) is 49.9 Å². The van der Waals surface area contributed by atoms with Crippen LogP contribution in [0, 0.1) is 0 Å². The van der Waals surface area contributed by atoms with Gasteiger partial charge in [-0.3, -0.25) is 4.40 Å². The maximum absolute atomic E-state index is 6.18. The summed E-state index contributed by atoms with van der Waals surface area (Å²) >= 11 is 10.4. The lowest BCUT2D eigenvalue weighted by Gasteiger charge is -2.02. The van der Waals surface area contributed by atoms with E-state index in [1.807, 2.05) is 40.9 Å². The Morgan fingerprint density at radius 2 is 1.79 bits per heavy atom. The van der Waals surface area contributed by atoms with Gasteiger partial charge in [-0.2, -0.15) is 0 Å². The van der Waals surface area contributed by atoms with E-state index >= 15 is 0 Å². The van der Waals surface area contributed by atoms with Gasteiger partial charge >= 0.3 is 0 Å². The number of hydrogen-bond donors (Lipinski definition) is 1. The minimum Gasteiger partial charge on any atom is -0.383 e. The van der Waals surface area contributed by atoms with Crippen LogP contribution in [0.5, 0.6) is 0 Å². The molecule has 0 amide bonds. The Labute approximate surface area is 135 Å². The molecule has 0 saturated carbocycles. The standard InChI is InChI=1S/C13H8Br3N3/c14-8-4-3-7(6-10(8)16)11-12(17)19-5-1-2-9(15)13(19)18-11/h1-6H,17H2. The molecule has 2 N–H and O–H groups in total. The molecule has 0 unspecified atom stereocenters. The molecule has 0 saturated heterocycles. The van der Waals surface area contributed by atoms with Crippen LogP contribution in [-0.4, -0.2) is 9.38 Å². The average Bonchev–Trinajstić information content (AvgIpc) is 2.72. The highest BCUT2D eigenvalue weighted by atomic mass is 79.9. The Kier molecular flexibility index (Phi) is 3.41. The van der Waals surface area contributed by atoms with Crippen LogP contribution in [-0.2, 0) is 0 Å². The van der Waals surface area contributed by atoms with Crippen molar-refractivity contribution < 1.29 is 0 Å². The predicted molar refractivity (Wildman–Crippen MR) is 88.1 cm³/mol. The Balaban J connectivity index is 2.28. The van der Waals surface area contributed by atoms with E-state index in [0.717, 1.165) is 30.3 Å². The number of halogens is 3. The van der Waals surface area contributed by atoms with Gasteiger partial charge in [0, 0.05) is 20.7 Å². The van der Waals surface area contributed by atoms with E-state index in [1.54, 1.807) is 0 Å². The van der Waals surface area contributed by atoms with Gasteiger partial charge in [0.25, 0.3) is 0 Å². The van der Waals surface area contributed by atoms with Gasteiger partial charge in [0.1, 0.15) is 11.5 Å². The maximum atomic E-state index is 6.18. The Morgan fingerprint density at radius 1 is 1.00 bits per heavy atom. The largest absolute Gasteiger partial charge is 0.383 e. The number of nitrogen functional groups attached to an aromatic ring is 1. The lowest BCUT2D eigenvalue weighted by atomic mass is 10.1. The summed E-state index contributed by atoms with van der Waals surface area (Å²) in [6.07, 6.45) is 1.90. The van der Waals surface area contributed by atoms with E-state index < -0.39 is 0 Å². The van der Waals surface area contributed by atoms with Crippen molar-refractivity contribution in [2.75, 3.05) is 5.73 Å². The molecule has 2 heterocycles. The Hall–Kier alpha value is -0.850. The quantitative estimate of drug-likeness (QED) is 0.580. The minimum absolute atomic E-state index is 0.630. The maximum Gasteiger partial charge on any atom is 0.153 e. The van der Waals surface area contributed by atoms with Crippen LogP contribution >= 0.6 is 47.8 Å². The smallest absolute Gasteiger partial charge is 0.153 e. The van der Waals surface area contributed by atoms with Crippen molar-refractivity contribution in [3.05, 3.63) is 49.9 Å². The van der Waals surface area contributed by atoms with Gasteiger partial charge < -0.3 is 5.73 Å². The summed E-state index contributed by atoms with van der Waals surface area (Å²) in [4.78, 5) is 4.61. The molecule has 0 fully saturated rings. The molecule has 0 aliphatic heterocycles. The van der Waals surface area contributed by atoms with Crippen LogP contribution < -0.4 is 5.73 Å². The Morgan fingerprint density at radius 3 is 2.47 bits per heavy atom. The van der Waals surface area contributed by atoms with Crippen LogP contribution in [0.1, 0.15) is 0 Å². The third-order valence-corrected chi connectivity index (χ3v) is 5.33. The van der Waals surface area contributed by atoms with Gasteiger partial charge in [0.2, 0.25) is 0 Å². The van der Waals surface area contributed by atoms with E-state index in [2.05, 4.69) is 52.8 Å². The summed E-state index contributed by atoms with van der Waals surface area (Å²) in [5, 5.41) is 0. The topological polar surface area (TPSA) is 43.3 Å². The zero-order chi connectivity index (χ0) is 13.6. The molecule has 0 aliphatic rings. The molecule has 3 nitrogen and oxygen atoms in total. The van der Waals surface area contributed by atoms with Gasteiger partial charge in [0.15, 0.2) is 5.65 Å². The number of rotatable bonds is 1. The first-order valence-electron chi connectivity index (χ1n) is 5.45. The fourth-order valence-electron chi connectivity index (χ4n) is 1.91. The lowest BCUT2D eigenvalue weighted by molar-refractivity contribution is 1.19. The molecule has 1 aromatic carbocycles. The third kappa shape index (κ3) is 2.22. The molecular formula is C13H8Br3N3. The van der Waals surface area contributed by atoms with Gasteiger partial charge in [-0.25, -0.2) is 4.98 Å². The van der Waals surface area contributed by atoms with Crippen molar-refractivity contribution in [2.24, 2.45) is 0 Å². The van der Waals surface area contributed by atoms with E-state index in [1.165, 1.54) is 0 Å². The van der Waals surface area contributed by atoms with Crippen LogP contribution in [0.3, 0.4) is 0 Å². The van der Waals surface area contributed by atoms with Crippen molar-refractivity contribution in [3.63, 3.8) is 0 Å². The number of nitrogens with zero attached hydrogens (tertiary/aromatic N) is 2. The number of fused-ring (bicyclic) bond motifs is 1. The summed E-state index contributed by atoms with van der Waals surface area (Å²) in [5.74, 6) is 0.630. The van der Waals surface area contributed by atoms with Crippen molar-refractivity contribution in [3.8, 4) is 11.3 Å². The highest BCUT2D eigenvalue weighted by Gasteiger charge is 2.13. The van der Waals surface area contributed by atoms with Crippen LogP contribution in [0.2, 0.25) is 0 Å². The highest BCUT2D eigenvalue weighted by Crippen LogP contribution is 2.33. The van der Waals surface area contributed by atoms with E-state index in [-0.39, 0.29) is 0 Å². The Bertz CT molecular complexity index is 780. The predicted octanol–water partition coefficient (Wildman–Crippen LogP) is 4.87. The van der Waals surface area contributed by atoms with Gasteiger partial charge in [-0.05, 0) is 72.1 Å². The molecule has 2 aromatic heterocycles. The monoisotopic (exact) mass is 443 g/mol. The fourth-order valence-corrected chi connectivity index (χ4v) is 2.97. The van der Waals surface area contributed by atoms with E-state index in [4.69, 9.17) is 5.73 Å². The first-order valence-corrected chi connectivity index (χ1v) is 7.83. The third-order valence-electron chi connectivity index (χ3n) is 2.83. The number of aromatic nitrogens is 2. The fraction of sp³-hybridized carbons (Fsp3) is 0. The van der Waals surface area contributed by atoms with Gasteiger partial charge in [-0.15, -0.1) is 0 Å². The van der Waals surface area contributed by atoms with Crippen LogP contribution in [0.25, 0.3) is 16.9 Å². The molecule has 0 radical (unpaired) electrons. The second kappa shape index (κ2) is 4.92. The number of hydrogen-bond acceptors (Lipinski definition) is 2. The molecule has 0 bridgehead atoms. The molecular weight excluding hydrogens is 438 g/mol. The molecule has 0 aliphatic carbocycles. The summed E-state index contributed by atoms with van der Waals surface area (Å²) in [5.41, 5.74) is 8.75. The molecule has 0 spiro atoms.